The molecule has 0 aromatic heterocycles. The van der Waals surface area contributed by atoms with Crippen LogP contribution in [0.25, 0.3) is 0 Å². The minimum atomic E-state index is -0.819. The molecule has 1 unspecified atom stereocenters. The second-order valence-electron chi connectivity index (χ2n) is 19.9. The molecule has 412 valence electrons. The summed E-state index contributed by atoms with van der Waals surface area (Å²) in [5, 5.41) is 0. The van der Waals surface area contributed by atoms with Gasteiger partial charge in [-0.15, -0.1) is 0 Å². The molecule has 0 aromatic carbocycles. The highest BCUT2D eigenvalue weighted by molar-refractivity contribution is 5.71. The van der Waals surface area contributed by atoms with Gasteiger partial charge in [-0.25, -0.2) is 0 Å². The van der Waals surface area contributed by atoms with Gasteiger partial charge in [-0.05, 0) is 83.5 Å². The fraction of sp³-hybridized carbons (Fsp3) is 0.712. The lowest BCUT2D eigenvalue weighted by Crippen LogP contribution is -2.30. The molecule has 0 heterocycles. The molecular formula is C66H112O6. The number of carbonyl (C=O) groups is 3. The van der Waals surface area contributed by atoms with Gasteiger partial charge in [-0.1, -0.05) is 279 Å². The SMILES string of the molecule is CC/C=C\C/C=C\C/C=C\C/C=C\C/C=C\C/C=C\CCC(=O)OCC(COC(=O)CCCCC/C=C\C=C/CCCCCCCCC)OC(=O)CCCCCCCCCCCCCCCCCCCCC. The van der Waals surface area contributed by atoms with Crippen LogP contribution in [0.4, 0.5) is 0 Å². The molecule has 0 amide bonds. The molecule has 0 saturated heterocycles. The molecule has 6 heteroatoms. The first-order valence-electron chi connectivity index (χ1n) is 30.3. The topological polar surface area (TPSA) is 78.9 Å². The highest BCUT2D eigenvalue weighted by Gasteiger charge is 2.19. The van der Waals surface area contributed by atoms with Gasteiger partial charge in [-0.3, -0.25) is 14.4 Å². The second-order valence-corrected chi connectivity index (χ2v) is 19.9. The van der Waals surface area contributed by atoms with Gasteiger partial charge in [0.25, 0.3) is 0 Å². The van der Waals surface area contributed by atoms with Crippen molar-refractivity contribution in [3.05, 3.63) is 97.2 Å². The number of rotatable bonds is 54. The smallest absolute Gasteiger partial charge is 0.306 e. The zero-order valence-electron chi connectivity index (χ0n) is 47.2. The molecule has 0 radical (unpaired) electrons. The number of allylic oxidation sites excluding steroid dienone is 16. The molecule has 0 spiro atoms. The van der Waals surface area contributed by atoms with Gasteiger partial charge in [0.15, 0.2) is 6.10 Å². The van der Waals surface area contributed by atoms with E-state index in [1.807, 2.05) is 6.08 Å². The van der Waals surface area contributed by atoms with Crippen LogP contribution in [0.2, 0.25) is 0 Å². The number of hydrogen-bond acceptors (Lipinski definition) is 6. The molecular weight excluding hydrogens is 889 g/mol. The van der Waals surface area contributed by atoms with Gasteiger partial charge in [0.2, 0.25) is 0 Å². The van der Waals surface area contributed by atoms with Crippen LogP contribution in [0.1, 0.15) is 284 Å². The molecule has 0 aromatic rings. The summed E-state index contributed by atoms with van der Waals surface area (Å²) >= 11 is 0. The molecule has 0 bridgehead atoms. The van der Waals surface area contributed by atoms with E-state index in [-0.39, 0.29) is 37.5 Å². The Morgan fingerprint density at radius 3 is 1.00 bits per heavy atom. The summed E-state index contributed by atoms with van der Waals surface area (Å²) < 4.78 is 16.8. The third-order valence-corrected chi connectivity index (χ3v) is 12.9. The largest absolute Gasteiger partial charge is 0.462 e. The lowest BCUT2D eigenvalue weighted by molar-refractivity contribution is -0.166. The van der Waals surface area contributed by atoms with Gasteiger partial charge in [0.05, 0.1) is 0 Å². The molecule has 1 atom stereocenters. The monoisotopic (exact) mass is 1000 g/mol. The maximum atomic E-state index is 12.9. The second kappa shape index (κ2) is 59.9. The minimum absolute atomic E-state index is 0.113. The summed E-state index contributed by atoms with van der Waals surface area (Å²) in [5.41, 5.74) is 0. The first-order valence-corrected chi connectivity index (χ1v) is 30.3. The lowest BCUT2D eigenvalue weighted by atomic mass is 10.0. The summed E-state index contributed by atoms with van der Waals surface area (Å²) in [6, 6.07) is 0. The highest BCUT2D eigenvalue weighted by atomic mass is 16.6. The predicted octanol–water partition coefficient (Wildman–Crippen LogP) is 20.5. The van der Waals surface area contributed by atoms with Crippen molar-refractivity contribution in [3.63, 3.8) is 0 Å². The Labute approximate surface area is 445 Å². The van der Waals surface area contributed by atoms with Crippen LogP contribution >= 0.6 is 0 Å². The number of unbranched alkanes of at least 4 members (excludes halogenated alkanes) is 28. The fourth-order valence-electron chi connectivity index (χ4n) is 8.34. The van der Waals surface area contributed by atoms with E-state index in [4.69, 9.17) is 14.2 Å². The van der Waals surface area contributed by atoms with E-state index in [2.05, 4.69) is 112 Å². The minimum Gasteiger partial charge on any atom is -0.462 e. The Balaban J connectivity index is 4.51. The maximum absolute atomic E-state index is 12.9. The third kappa shape index (κ3) is 57.2. The van der Waals surface area contributed by atoms with Crippen LogP contribution in [0, 0.1) is 0 Å². The highest BCUT2D eigenvalue weighted by Crippen LogP contribution is 2.16. The molecule has 0 N–H and O–H groups in total. The van der Waals surface area contributed by atoms with Crippen LogP contribution in [0.15, 0.2) is 97.2 Å². The summed E-state index contributed by atoms with van der Waals surface area (Å²) in [5.74, 6) is -1.01. The van der Waals surface area contributed by atoms with Crippen LogP contribution < -0.4 is 0 Å². The van der Waals surface area contributed by atoms with E-state index in [9.17, 15) is 14.4 Å². The molecule has 0 aliphatic carbocycles. The summed E-state index contributed by atoms with van der Waals surface area (Å²) in [6.45, 7) is 6.46. The van der Waals surface area contributed by atoms with E-state index in [1.165, 1.54) is 148 Å². The Hall–Kier alpha value is -3.67. The average molecular weight is 1000 g/mol. The molecule has 72 heavy (non-hydrogen) atoms. The number of esters is 3. The van der Waals surface area contributed by atoms with Gasteiger partial charge in [0, 0.05) is 19.3 Å². The van der Waals surface area contributed by atoms with Crippen molar-refractivity contribution in [2.24, 2.45) is 0 Å². The molecule has 0 fully saturated rings. The fourth-order valence-corrected chi connectivity index (χ4v) is 8.34. The van der Waals surface area contributed by atoms with E-state index < -0.39 is 6.10 Å². The van der Waals surface area contributed by atoms with Gasteiger partial charge < -0.3 is 14.2 Å². The number of carbonyl (C=O) groups excluding carboxylic acids is 3. The first kappa shape index (κ1) is 68.3. The zero-order chi connectivity index (χ0) is 52.2. The standard InChI is InChI=1S/C66H112O6/c1-4-7-10-13-16-19-22-25-28-31-33-35-38-41-44-47-50-53-56-59-65(68)71-62-63(61-70-64(67)58-55-52-49-46-43-40-37-30-27-24-21-18-15-12-9-6-3)72-66(69)60-57-54-51-48-45-42-39-36-34-32-29-26-23-20-17-14-11-8-5-2/h7,10,16,19,25,28,30,33,35,37,40-41,43-44,50,53,63H,4-6,8-9,11-15,17-18,20-24,26-27,29,31-32,34,36,38-39,42,45-49,51-52,54-62H2,1-3H3/b10-7-,19-16-,28-25-,35-33-,37-30-,43-40-,44-41-,53-50-. The number of hydrogen-bond donors (Lipinski definition) is 0. The Kier molecular flexibility index (Phi) is 56.8. The van der Waals surface area contributed by atoms with Crippen molar-refractivity contribution in [2.45, 2.75) is 290 Å². The molecule has 0 aliphatic rings. The van der Waals surface area contributed by atoms with Crippen molar-refractivity contribution < 1.29 is 28.6 Å². The summed E-state index contributed by atoms with van der Waals surface area (Å²) in [6.07, 6.45) is 79.9. The molecule has 0 rings (SSSR count). The normalized spacial score (nSPS) is 12.8. The molecule has 0 aliphatic heterocycles. The van der Waals surface area contributed by atoms with E-state index in [0.29, 0.717) is 19.3 Å². The molecule has 0 saturated carbocycles. The van der Waals surface area contributed by atoms with Crippen LogP contribution in [0.3, 0.4) is 0 Å². The maximum Gasteiger partial charge on any atom is 0.306 e. The average Bonchev–Trinajstić information content (AvgIpc) is 3.38. The summed E-state index contributed by atoms with van der Waals surface area (Å²) in [7, 11) is 0. The summed E-state index contributed by atoms with van der Waals surface area (Å²) in [4.78, 5) is 38.2. The third-order valence-electron chi connectivity index (χ3n) is 12.9. The van der Waals surface area contributed by atoms with E-state index >= 15 is 0 Å². The van der Waals surface area contributed by atoms with Crippen molar-refractivity contribution >= 4 is 17.9 Å². The van der Waals surface area contributed by atoms with E-state index in [1.54, 1.807) is 0 Å². The quantitative estimate of drug-likeness (QED) is 0.0199. The Morgan fingerprint density at radius 2 is 0.611 bits per heavy atom. The van der Waals surface area contributed by atoms with Crippen molar-refractivity contribution in [1.29, 1.82) is 0 Å². The van der Waals surface area contributed by atoms with Gasteiger partial charge in [0.1, 0.15) is 13.2 Å². The predicted molar refractivity (Wildman–Crippen MR) is 311 cm³/mol. The van der Waals surface area contributed by atoms with Crippen LogP contribution in [0.5, 0.6) is 0 Å². The first-order chi connectivity index (χ1) is 35.5. The lowest BCUT2D eigenvalue weighted by Gasteiger charge is -2.18. The molecule has 6 nitrogen and oxygen atoms in total. The Bertz CT molecular complexity index is 1430. The van der Waals surface area contributed by atoms with E-state index in [0.717, 1.165) is 89.9 Å². The number of ether oxygens (including phenoxy) is 3. The zero-order valence-corrected chi connectivity index (χ0v) is 47.2. The van der Waals surface area contributed by atoms with Crippen molar-refractivity contribution in [3.8, 4) is 0 Å². The van der Waals surface area contributed by atoms with Crippen molar-refractivity contribution in [2.75, 3.05) is 13.2 Å². The van der Waals surface area contributed by atoms with Crippen molar-refractivity contribution in [1.82, 2.24) is 0 Å². The van der Waals surface area contributed by atoms with Crippen LogP contribution in [-0.2, 0) is 28.6 Å². The van der Waals surface area contributed by atoms with Crippen LogP contribution in [-0.4, -0.2) is 37.2 Å². The van der Waals surface area contributed by atoms with Gasteiger partial charge in [-0.2, -0.15) is 0 Å². The Morgan fingerprint density at radius 1 is 0.306 bits per heavy atom. The van der Waals surface area contributed by atoms with Gasteiger partial charge >= 0.3 is 17.9 Å².